The number of para-hydroxylation sites is 1. The molecule has 0 bridgehead atoms. The number of halogens is 1. The van der Waals surface area contributed by atoms with E-state index in [4.69, 9.17) is 4.74 Å². The van der Waals surface area contributed by atoms with Gasteiger partial charge in [-0.2, -0.15) is 5.10 Å². The molecule has 0 radical (unpaired) electrons. The third kappa shape index (κ3) is 4.07. The maximum Gasteiger partial charge on any atom is 0.274 e. The van der Waals surface area contributed by atoms with E-state index in [0.717, 1.165) is 43.3 Å². The lowest BCUT2D eigenvalue weighted by Crippen LogP contribution is -2.39. The van der Waals surface area contributed by atoms with E-state index >= 15 is 0 Å². The van der Waals surface area contributed by atoms with Crippen molar-refractivity contribution in [2.24, 2.45) is 5.92 Å². The number of H-pyrrole nitrogens is 1. The number of likely N-dealkylation sites (tertiary alicyclic amines) is 1. The van der Waals surface area contributed by atoms with Gasteiger partial charge in [-0.3, -0.25) is 9.89 Å². The van der Waals surface area contributed by atoms with Crippen LogP contribution < -0.4 is 0 Å². The predicted octanol–water partition coefficient (Wildman–Crippen LogP) is 4.16. The number of nitrogens with one attached hydrogen (secondary N) is 1. The van der Waals surface area contributed by atoms with Crippen LogP contribution in [0.5, 0.6) is 0 Å². The van der Waals surface area contributed by atoms with E-state index in [-0.39, 0.29) is 11.7 Å². The molecule has 3 aromatic rings. The highest BCUT2D eigenvalue weighted by Crippen LogP contribution is 2.24. The Morgan fingerprint density at radius 1 is 1.14 bits per heavy atom. The number of aromatic amines is 1. The molecule has 2 heterocycles. The van der Waals surface area contributed by atoms with E-state index in [0.29, 0.717) is 30.4 Å². The first-order valence-electron chi connectivity index (χ1n) is 9.76. The van der Waals surface area contributed by atoms with Crippen molar-refractivity contribution in [3.8, 4) is 0 Å². The van der Waals surface area contributed by atoms with Crippen LogP contribution in [0.1, 0.15) is 35.3 Å². The van der Waals surface area contributed by atoms with E-state index in [9.17, 15) is 9.18 Å². The second-order valence-electron chi connectivity index (χ2n) is 7.29. The zero-order chi connectivity index (χ0) is 19.3. The Morgan fingerprint density at radius 2 is 1.89 bits per heavy atom. The van der Waals surface area contributed by atoms with E-state index < -0.39 is 0 Å². The summed E-state index contributed by atoms with van der Waals surface area (Å²) < 4.78 is 19.2. The van der Waals surface area contributed by atoms with Crippen molar-refractivity contribution in [1.82, 2.24) is 15.1 Å². The number of aromatic nitrogens is 2. The molecule has 0 unspecified atom stereocenters. The van der Waals surface area contributed by atoms with Crippen LogP contribution in [0, 0.1) is 11.7 Å². The summed E-state index contributed by atoms with van der Waals surface area (Å²) >= 11 is 0. The molecule has 5 nitrogen and oxygen atoms in total. The number of nitrogens with zero attached hydrogens (tertiary/aromatic N) is 2. The number of hydrogen-bond acceptors (Lipinski definition) is 3. The van der Waals surface area contributed by atoms with Gasteiger partial charge in [-0.25, -0.2) is 4.39 Å². The molecular formula is C22H24FN3O2. The molecule has 0 atom stereocenters. The SMILES string of the molecule is O=C(c1n[nH]c2ccccc12)N1CCC(CCOCc2ccccc2F)CC1. The Morgan fingerprint density at radius 3 is 2.71 bits per heavy atom. The Hall–Kier alpha value is -2.73. The lowest BCUT2D eigenvalue weighted by Gasteiger charge is -2.31. The van der Waals surface area contributed by atoms with Crippen LogP contribution in [0.25, 0.3) is 10.9 Å². The van der Waals surface area contributed by atoms with Crippen LogP contribution in [0.2, 0.25) is 0 Å². The van der Waals surface area contributed by atoms with Crippen LogP contribution in [0.15, 0.2) is 48.5 Å². The molecule has 0 aliphatic carbocycles. The summed E-state index contributed by atoms with van der Waals surface area (Å²) in [5.41, 5.74) is 1.98. The molecular weight excluding hydrogens is 357 g/mol. The summed E-state index contributed by atoms with van der Waals surface area (Å²) in [5.74, 6) is 0.299. The molecule has 6 heteroatoms. The van der Waals surface area contributed by atoms with Crippen molar-refractivity contribution < 1.29 is 13.9 Å². The number of ether oxygens (including phenoxy) is 1. The lowest BCUT2D eigenvalue weighted by molar-refractivity contribution is 0.0633. The van der Waals surface area contributed by atoms with Crippen molar-refractivity contribution in [3.63, 3.8) is 0 Å². The van der Waals surface area contributed by atoms with Crippen LogP contribution in [0.4, 0.5) is 4.39 Å². The second-order valence-corrected chi connectivity index (χ2v) is 7.29. The number of benzene rings is 2. The third-order valence-corrected chi connectivity index (χ3v) is 5.46. The van der Waals surface area contributed by atoms with Gasteiger partial charge in [0.1, 0.15) is 5.82 Å². The van der Waals surface area contributed by atoms with Crippen LogP contribution in [0.3, 0.4) is 0 Å². The standard InChI is InChI=1S/C22H24FN3O2/c23-19-7-3-1-5-17(19)15-28-14-11-16-9-12-26(13-10-16)22(27)21-18-6-2-4-8-20(18)24-25-21/h1-8,16H,9-15H2,(H,24,25). The molecule has 28 heavy (non-hydrogen) atoms. The Balaban J connectivity index is 1.23. The minimum atomic E-state index is -0.222. The monoisotopic (exact) mass is 381 g/mol. The lowest BCUT2D eigenvalue weighted by atomic mass is 9.93. The van der Waals surface area contributed by atoms with E-state index in [1.165, 1.54) is 6.07 Å². The maximum atomic E-state index is 13.6. The molecule has 1 saturated heterocycles. The molecule has 146 valence electrons. The largest absolute Gasteiger partial charge is 0.377 e. The summed E-state index contributed by atoms with van der Waals surface area (Å²) in [6.45, 7) is 2.38. The smallest absolute Gasteiger partial charge is 0.274 e. The van der Waals surface area contributed by atoms with Gasteiger partial charge in [0.15, 0.2) is 5.69 Å². The number of piperidine rings is 1. The van der Waals surface area contributed by atoms with Gasteiger partial charge in [0, 0.05) is 30.6 Å². The quantitative estimate of drug-likeness (QED) is 0.652. The van der Waals surface area contributed by atoms with Crippen molar-refractivity contribution in [2.75, 3.05) is 19.7 Å². The summed E-state index contributed by atoms with van der Waals surface area (Å²) in [6, 6.07) is 14.4. The molecule has 1 aromatic heterocycles. The average molecular weight is 381 g/mol. The fraction of sp³-hybridized carbons (Fsp3) is 0.364. The first kappa shape index (κ1) is 18.6. The van der Waals surface area contributed by atoms with Gasteiger partial charge in [0.25, 0.3) is 5.91 Å². The first-order valence-corrected chi connectivity index (χ1v) is 9.76. The van der Waals surface area contributed by atoms with Gasteiger partial charge in [0.05, 0.1) is 12.1 Å². The van der Waals surface area contributed by atoms with E-state index in [1.54, 1.807) is 12.1 Å². The van der Waals surface area contributed by atoms with Gasteiger partial charge in [0.2, 0.25) is 0 Å². The zero-order valence-corrected chi connectivity index (χ0v) is 15.7. The van der Waals surface area contributed by atoms with E-state index in [1.807, 2.05) is 35.2 Å². The summed E-state index contributed by atoms with van der Waals surface area (Å²) in [4.78, 5) is 14.7. The minimum Gasteiger partial charge on any atom is -0.377 e. The molecule has 0 spiro atoms. The summed E-state index contributed by atoms with van der Waals surface area (Å²) in [6.07, 6.45) is 2.84. The van der Waals surface area contributed by atoms with Crippen LogP contribution >= 0.6 is 0 Å². The minimum absolute atomic E-state index is 0.00768. The van der Waals surface area contributed by atoms with Crippen molar-refractivity contribution in [3.05, 3.63) is 65.6 Å². The number of rotatable bonds is 6. The van der Waals surface area contributed by atoms with E-state index in [2.05, 4.69) is 10.2 Å². The van der Waals surface area contributed by atoms with Gasteiger partial charge >= 0.3 is 0 Å². The second kappa shape index (κ2) is 8.52. The number of carbonyl (C=O) groups excluding carboxylic acids is 1. The topological polar surface area (TPSA) is 58.2 Å². The fourth-order valence-corrected chi connectivity index (χ4v) is 3.75. The van der Waals surface area contributed by atoms with Crippen LogP contribution in [-0.2, 0) is 11.3 Å². The Labute approximate surface area is 163 Å². The average Bonchev–Trinajstić information content (AvgIpc) is 3.16. The molecule has 1 aliphatic heterocycles. The van der Waals surface area contributed by atoms with Crippen molar-refractivity contribution in [2.45, 2.75) is 25.9 Å². The molecule has 1 amide bonds. The molecule has 4 rings (SSSR count). The van der Waals surface area contributed by atoms with Gasteiger partial charge < -0.3 is 9.64 Å². The third-order valence-electron chi connectivity index (χ3n) is 5.46. The van der Waals surface area contributed by atoms with Crippen LogP contribution in [-0.4, -0.2) is 40.7 Å². The molecule has 2 aromatic carbocycles. The summed E-state index contributed by atoms with van der Waals surface area (Å²) in [5, 5.41) is 8.02. The summed E-state index contributed by atoms with van der Waals surface area (Å²) in [7, 11) is 0. The van der Waals surface area contributed by atoms with Gasteiger partial charge in [-0.05, 0) is 37.3 Å². The van der Waals surface area contributed by atoms with Gasteiger partial charge in [-0.15, -0.1) is 0 Å². The molecule has 0 saturated carbocycles. The van der Waals surface area contributed by atoms with Gasteiger partial charge in [-0.1, -0.05) is 36.4 Å². The molecule has 1 aliphatic rings. The first-order chi connectivity index (χ1) is 13.7. The Kier molecular flexibility index (Phi) is 5.67. The maximum absolute atomic E-state index is 13.6. The van der Waals surface area contributed by atoms with Crippen molar-refractivity contribution >= 4 is 16.8 Å². The number of fused-ring (bicyclic) bond motifs is 1. The molecule has 1 fully saturated rings. The highest BCUT2D eigenvalue weighted by molar-refractivity contribution is 6.04. The fourth-order valence-electron chi connectivity index (χ4n) is 3.75. The van der Waals surface area contributed by atoms with Crippen molar-refractivity contribution in [1.29, 1.82) is 0 Å². The number of amides is 1. The molecule has 1 N–H and O–H groups in total. The number of hydrogen-bond donors (Lipinski definition) is 1. The highest BCUT2D eigenvalue weighted by atomic mass is 19.1. The predicted molar refractivity (Wildman–Crippen MR) is 105 cm³/mol. The normalized spacial score (nSPS) is 15.2. The highest BCUT2D eigenvalue weighted by Gasteiger charge is 2.26. The number of carbonyl (C=O) groups is 1. The zero-order valence-electron chi connectivity index (χ0n) is 15.7. The Bertz CT molecular complexity index is 948.